The number of ether oxygens (including phenoxy) is 1. The van der Waals surface area contributed by atoms with Crippen LogP contribution >= 0.6 is 0 Å². The Balaban J connectivity index is 2.12. The molecule has 0 spiro atoms. The van der Waals surface area contributed by atoms with E-state index in [1.54, 1.807) is 36.8 Å². The smallest absolute Gasteiger partial charge is 0.259 e. The molecule has 1 atom stereocenters. The third-order valence-corrected chi connectivity index (χ3v) is 5.68. The number of halogens is 1. The first-order valence-electron chi connectivity index (χ1n) is 9.84. The van der Waals surface area contributed by atoms with Crippen molar-refractivity contribution in [3.05, 3.63) is 63.3 Å². The third-order valence-electron chi connectivity index (χ3n) is 5.68. The van der Waals surface area contributed by atoms with Gasteiger partial charge in [-0.05, 0) is 62.5 Å². The molecule has 2 heterocycles. The van der Waals surface area contributed by atoms with E-state index in [0.29, 0.717) is 30.3 Å². The zero-order valence-electron chi connectivity index (χ0n) is 16.8. The third kappa shape index (κ3) is 4.28. The van der Waals surface area contributed by atoms with E-state index >= 15 is 0 Å². The van der Waals surface area contributed by atoms with Crippen molar-refractivity contribution in [2.75, 3.05) is 26.8 Å². The number of piperidine rings is 1. The summed E-state index contributed by atoms with van der Waals surface area (Å²) >= 11 is 0. The first kappa shape index (κ1) is 20.6. The topological polar surface area (TPSA) is 54.7 Å². The number of likely N-dealkylation sites (tertiary alicyclic amines) is 1. The summed E-state index contributed by atoms with van der Waals surface area (Å²) < 4.78 is 20.3. The highest BCUT2D eigenvalue weighted by Gasteiger charge is 2.31. The lowest BCUT2D eigenvalue weighted by atomic mass is 9.92. The number of hydrogen-bond acceptors (Lipinski definition) is 4. The fourth-order valence-corrected chi connectivity index (χ4v) is 3.98. The Morgan fingerprint density at radius 2 is 1.89 bits per heavy atom. The molecule has 3 rings (SSSR count). The highest BCUT2D eigenvalue weighted by molar-refractivity contribution is 5.41. The van der Waals surface area contributed by atoms with Gasteiger partial charge >= 0.3 is 0 Å². The van der Waals surface area contributed by atoms with Gasteiger partial charge in [-0.3, -0.25) is 9.69 Å². The van der Waals surface area contributed by atoms with Crippen molar-refractivity contribution in [3.63, 3.8) is 0 Å². The SMILES string of the molecule is COCCn1c(C)cc(O)c([C@@H](c2ccc(F)cc2)N2CCC(C)CC2)c1=O. The molecule has 5 nitrogen and oxygen atoms in total. The molecule has 0 saturated carbocycles. The summed E-state index contributed by atoms with van der Waals surface area (Å²) in [5.74, 6) is 0.305. The number of methoxy groups -OCH3 is 1. The van der Waals surface area contributed by atoms with Gasteiger partial charge in [-0.25, -0.2) is 4.39 Å². The van der Waals surface area contributed by atoms with Crippen molar-refractivity contribution in [2.45, 2.75) is 39.3 Å². The van der Waals surface area contributed by atoms with Crippen LogP contribution in [0.25, 0.3) is 0 Å². The lowest BCUT2D eigenvalue weighted by Crippen LogP contribution is -2.40. The minimum Gasteiger partial charge on any atom is -0.507 e. The fourth-order valence-electron chi connectivity index (χ4n) is 3.98. The number of rotatable bonds is 6. The van der Waals surface area contributed by atoms with Crippen LogP contribution in [-0.4, -0.2) is 41.4 Å². The van der Waals surface area contributed by atoms with Crippen LogP contribution in [0.4, 0.5) is 4.39 Å². The lowest BCUT2D eigenvalue weighted by molar-refractivity contribution is 0.154. The highest BCUT2D eigenvalue weighted by atomic mass is 19.1. The molecule has 1 saturated heterocycles. The van der Waals surface area contributed by atoms with Gasteiger partial charge in [0.2, 0.25) is 0 Å². The molecule has 1 aromatic carbocycles. The second-order valence-corrected chi connectivity index (χ2v) is 7.71. The Kier molecular flexibility index (Phi) is 6.52. The minimum absolute atomic E-state index is 0.0101. The summed E-state index contributed by atoms with van der Waals surface area (Å²) in [6, 6.07) is 7.45. The number of hydrogen-bond donors (Lipinski definition) is 1. The van der Waals surface area contributed by atoms with Crippen LogP contribution in [0.5, 0.6) is 5.75 Å². The molecular weight excluding hydrogens is 359 g/mol. The van der Waals surface area contributed by atoms with E-state index in [9.17, 15) is 14.3 Å². The summed E-state index contributed by atoms with van der Waals surface area (Å²) in [7, 11) is 1.60. The number of pyridine rings is 1. The molecule has 1 aliphatic heterocycles. The summed E-state index contributed by atoms with van der Waals surface area (Å²) in [4.78, 5) is 15.6. The maximum Gasteiger partial charge on any atom is 0.259 e. The first-order chi connectivity index (χ1) is 13.4. The Morgan fingerprint density at radius 1 is 1.25 bits per heavy atom. The predicted octanol–water partition coefficient (Wildman–Crippen LogP) is 3.47. The number of aromatic nitrogens is 1. The average Bonchev–Trinajstić information content (AvgIpc) is 2.67. The van der Waals surface area contributed by atoms with E-state index in [1.807, 2.05) is 0 Å². The van der Waals surface area contributed by atoms with Gasteiger partial charge in [0.1, 0.15) is 11.6 Å². The molecule has 1 aromatic heterocycles. The van der Waals surface area contributed by atoms with Crippen LogP contribution in [0.1, 0.15) is 42.6 Å². The van der Waals surface area contributed by atoms with Crippen LogP contribution in [-0.2, 0) is 11.3 Å². The zero-order chi connectivity index (χ0) is 20.3. The quantitative estimate of drug-likeness (QED) is 0.823. The van der Waals surface area contributed by atoms with Gasteiger partial charge in [-0.1, -0.05) is 19.1 Å². The minimum atomic E-state index is -0.407. The highest BCUT2D eigenvalue weighted by Crippen LogP contribution is 2.35. The molecule has 0 bridgehead atoms. The summed E-state index contributed by atoms with van der Waals surface area (Å²) in [6.45, 7) is 6.51. The molecule has 1 N–H and O–H groups in total. The molecule has 0 unspecified atom stereocenters. The normalized spacial score (nSPS) is 17.0. The van der Waals surface area contributed by atoms with Crippen LogP contribution in [0.3, 0.4) is 0 Å². The average molecular weight is 388 g/mol. The molecule has 2 aromatic rings. The molecule has 0 aliphatic carbocycles. The van der Waals surface area contributed by atoms with Crippen molar-refractivity contribution in [3.8, 4) is 5.75 Å². The molecule has 152 valence electrons. The van der Waals surface area contributed by atoms with Gasteiger partial charge in [0.05, 0.1) is 18.2 Å². The van der Waals surface area contributed by atoms with Gasteiger partial charge in [-0.2, -0.15) is 0 Å². The lowest BCUT2D eigenvalue weighted by Gasteiger charge is -2.37. The van der Waals surface area contributed by atoms with Gasteiger partial charge in [0, 0.05) is 19.3 Å². The Morgan fingerprint density at radius 3 is 2.50 bits per heavy atom. The van der Waals surface area contributed by atoms with Gasteiger partial charge in [-0.15, -0.1) is 0 Å². The zero-order valence-corrected chi connectivity index (χ0v) is 16.8. The summed E-state index contributed by atoms with van der Waals surface area (Å²) in [5, 5.41) is 10.7. The van der Waals surface area contributed by atoms with Crippen molar-refractivity contribution in [1.29, 1.82) is 0 Å². The first-order valence-corrected chi connectivity index (χ1v) is 9.84. The molecule has 1 fully saturated rings. The Hall–Kier alpha value is -2.18. The largest absolute Gasteiger partial charge is 0.507 e. The number of nitrogens with zero attached hydrogens (tertiary/aromatic N) is 2. The molecule has 0 radical (unpaired) electrons. The van der Waals surface area contributed by atoms with E-state index < -0.39 is 6.04 Å². The van der Waals surface area contributed by atoms with Crippen LogP contribution in [0.2, 0.25) is 0 Å². The van der Waals surface area contributed by atoms with Crippen molar-refractivity contribution in [2.24, 2.45) is 5.92 Å². The van der Waals surface area contributed by atoms with E-state index in [1.165, 1.54) is 12.1 Å². The monoisotopic (exact) mass is 388 g/mol. The van der Waals surface area contributed by atoms with Gasteiger partial charge < -0.3 is 14.4 Å². The van der Waals surface area contributed by atoms with Crippen LogP contribution in [0, 0.1) is 18.7 Å². The van der Waals surface area contributed by atoms with E-state index in [2.05, 4.69) is 11.8 Å². The molecule has 28 heavy (non-hydrogen) atoms. The van der Waals surface area contributed by atoms with Gasteiger partial charge in [0.25, 0.3) is 5.56 Å². The fraction of sp³-hybridized carbons (Fsp3) is 0.500. The number of benzene rings is 1. The van der Waals surface area contributed by atoms with Crippen molar-refractivity contribution >= 4 is 0 Å². The second kappa shape index (κ2) is 8.88. The molecule has 0 amide bonds. The Bertz CT molecular complexity index is 855. The number of aryl methyl sites for hydroxylation is 1. The standard InChI is InChI=1S/C22H29FN2O3/c1-15-8-10-24(11-9-15)21(17-4-6-18(23)7-5-17)20-19(26)14-16(2)25(22(20)27)12-13-28-3/h4-7,14-15,21,26H,8-13H2,1-3H3/t21-/m1/s1. The van der Waals surface area contributed by atoms with E-state index in [-0.39, 0.29) is 17.1 Å². The second-order valence-electron chi connectivity index (χ2n) is 7.71. The molecular formula is C22H29FN2O3. The van der Waals surface area contributed by atoms with Crippen molar-refractivity contribution < 1.29 is 14.2 Å². The number of aromatic hydroxyl groups is 1. The van der Waals surface area contributed by atoms with E-state index in [4.69, 9.17) is 4.74 Å². The summed E-state index contributed by atoms with van der Waals surface area (Å²) in [5.41, 5.74) is 1.63. The Labute approximate surface area is 165 Å². The maximum absolute atomic E-state index is 13.5. The molecule has 6 heteroatoms. The predicted molar refractivity (Wildman–Crippen MR) is 107 cm³/mol. The molecule has 1 aliphatic rings. The summed E-state index contributed by atoms with van der Waals surface area (Å²) in [6.07, 6.45) is 2.06. The van der Waals surface area contributed by atoms with Crippen LogP contribution in [0.15, 0.2) is 35.1 Å². The maximum atomic E-state index is 13.5. The van der Waals surface area contributed by atoms with E-state index in [0.717, 1.165) is 31.5 Å². The van der Waals surface area contributed by atoms with Gasteiger partial charge in [0.15, 0.2) is 0 Å². The van der Waals surface area contributed by atoms with Crippen molar-refractivity contribution in [1.82, 2.24) is 9.47 Å². The van der Waals surface area contributed by atoms with Crippen LogP contribution < -0.4 is 5.56 Å².